The summed E-state index contributed by atoms with van der Waals surface area (Å²) in [6, 6.07) is 10.6. The Labute approximate surface area is 165 Å². The molecular formula is C21H28N6O. The van der Waals surface area contributed by atoms with Gasteiger partial charge in [0.05, 0.1) is 12.8 Å². The Bertz CT molecular complexity index is 928. The van der Waals surface area contributed by atoms with Gasteiger partial charge in [-0.15, -0.1) is 0 Å². The molecule has 1 aromatic carbocycles. The van der Waals surface area contributed by atoms with Gasteiger partial charge in [-0.1, -0.05) is 0 Å². The van der Waals surface area contributed by atoms with E-state index in [1.165, 1.54) is 0 Å². The molecule has 7 nitrogen and oxygen atoms in total. The largest absolute Gasteiger partial charge is 0.494 e. The molecule has 4 N–H and O–H groups in total. The molecule has 0 spiro atoms. The number of nitrogens with zero attached hydrogens (tertiary/aromatic N) is 3. The lowest BCUT2D eigenvalue weighted by atomic mass is 9.92. The lowest BCUT2D eigenvalue weighted by Crippen LogP contribution is -2.33. The minimum Gasteiger partial charge on any atom is -0.494 e. The molecule has 1 aliphatic carbocycles. The van der Waals surface area contributed by atoms with Gasteiger partial charge in [0.25, 0.3) is 0 Å². The predicted molar refractivity (Wildman–Crippen MR) is 112 cm³/mol. The molecule has 0 atom stereocenters. The van der Waals surface area contributed by atoms with E-state index in [2.05, 4.69) is 22.7 Å². The summed E-state index contributed by atoms with van der Waals surface area (Å²) in [5, 5.41) is 11.6. The summed E-state index contributed by atoms with van der Waals surface area (Å²) >= 11 is 0. The third-order valence-corrected chi connectivity index (χ3v) is 5.31. The van der Waals surface area contributed by atoms with Crippen molar-refractivity contribution in [2.75, 3.05) is 17.2 Å². The molecule has 0 saturated heterocycles. The standard InChI is InChI=1S/C21H28N6O/c1-3-28-18-10-8-17(9-11-18)25-21-14(2)20(26-19-12-13-23-27(19)21)24-16-6-4-15(22)5-7-16/h8-13,15-16,25H,3-7,22H2,1-2H3,(H,24,26). The van der Waals surface area contributed by atoms with Crippen LogP contribution in [0.5, 0.6) is 5.75 Å². The minimum absolute atomic E-state index is 0.335. The van der Waals surface area contributed by atoms with E-state index in [0.29, 0.717) is 18.7 Å². The van der Waals surface area contributed by atoms with Crippen molar-refractivity contribution in [3.05, 3.63) is 42.1 Å². The molecule has 1 aliphatic rings. The molecule has 4 rings (SSSR count). The van der Waals surface area contributed by atoms with E-state index < -0.39 is 0 Å². The molecule has 1 saturated carbocycles. The molecule has 0 aliphatic heterocycles. The lowest BCUT2D eigenvalue weighted by Gasteiger charge is -2.28. The van der Waals surface area contributed by atoms with Gasteiger partial charge in [0.15, 0.2) is 5.65 Å². The smallest absolute Gasteiger partial charge is 0.159 e. The van der Waals surface area contributed by atoms with Crippen LogP contribution < -0.4 is 21.1 Å². The van der Waals surface area contributed by atoms with E-state index >= 15 is 0 Å². The number of ether oxygens (including phenoxy) is 1. The second-order valence-corrected chi connectivity index (χ2v) is 7.37. The van der Waals surface area contributed by atoms with E-state index in [1.54, 1.807) is 6.20 Å². The molecule has 0 radical (unpaired) electrons. The Morgan fingerprint density at radius 1 is 1.14 bits per heavy atom. The van der Waals surface area contributed by atoms with Gasteiger partial charge in [-0.25, -0.2) is 4.98 Å². The first-order chi connectivity index (χ1) is 13.6. The number of nitrogens with two attached hydrogens (primary N) is 1. The lowest BCUT2D eigenvalue weighted by molar-refractivity contribution is 0.340. The maximum absolute atomic E-state index is 6.05. The average molecular weight is 380 g/mol. The summed E-state index contributed by atoms with van der Waals surface area (Å²) < 4.78 is 7.37. The number of anilines is 3. The predicted octanol–water partition coefficient (Wildman–Crippen LogP) is 3.86. The summed E-state index contributed by atoms with van der Waals surface area (Å²) in [6.45, 7) is 4.71. The fraction of sp³-hybridized carbons (Fsp3) is 0.429. The van der Waals surface area contributed by atoms with Crippen LogP contribution in [0.25, 0.3) is 5.65 Å². The van der Waals surface area contributed by atoms with Crippen molar-refractivity contribution in [2.45, 2.75) is 51.6 Å². The van der Waals surface area contributed by atoms with Gasteiger partial charge in [-0.2, -0.15) is 9.61 Å². The molecule has 0 amide bonds. The van der Waals surface area contributed by atoms with E-state index in [9.17, 15) is 0 Å². The van der Waals surface area contributed by atoms with E-state index in [-0.39, 0.29) is 0 Å². The summed E-state index contributed by atoms with van der Waals surface area (Å²) in [6.07, 6.45) is 6.04. The van der Waals surface area contributed by atoms with Crippen molar-refractivity contribution < 1.29 is 4.74 Å². The molecule has 0 bridgehead atoms. The van der Waals surface area contributed by atoms with Gasteiger partial charge in [0, 0.05) is 29.4 Å². The highest BCUT2D eigenvalue weighted by molar-refractivity contribution is 5.69. The number of rotatable bonds is 6. The van der Waals surface area contributed by atoms with Gasteiger partial charge in [-0.3, -0.25) is 0 Å². The monoisotopic (exact) mass is 380 g/mol. The maximum Gasteiger partial charge on any atom is 0.159 e. The topological polar surface area (TPSA) is 89.5 Å². The second kappa shape index (κ2) is 8.06. The number of hydrogen-bond donors (Lipinski definition) is 3. The van der Waals surface area contributed by atoms with Crippen LogP contribution in [0, 0.1) is 6.92 Å². The molecule has 148 valence electrons. The normalized spacial score (nSPS) is 19.5. The zero-order valence-corrected chi connectivity index (χ0v) is 16.5. The molecular weight excluding hydrogens is 352 g/mol. The molecule has 2 aromatic heterocycles. The Morgan fingerprint density at radius 2 is 1.89 bits per heavy atom. The molecule has 7 heteroatoms. The fourth-order valence-electron chi connectivity index (χ4n) is 3.70. The number of nitrogens with one attached hydrogen (secondary N) is 2. The van der Waals surface area contributed by atoms with E-state index in [4.69, 9.17) is 15.5 Å². The van der Waals surface area contributed by atoms with Crippen molar-refractivity contribution in [3.63, 3.8) is 0 Å². The fourth-order valence-corrected chi connectivity index (χ4v) is 3.70. The number of hydrogen-bond acceptors (Lipinski definition) is 6. The Balaban J connectivity index is 1.61. The van der Waals surface area contributed by atoms with Crippen LogP contribution in [0.15, 0.2) is 36.5 Å². The minimum atomic E-state index is 0.335. The van der Waals surface area contributed by atoms with Crippen molar-refractivity contribution >= 4 is 23.0 Å². The molecule has 3 aromatic rings. The summed E-state index contributed by atoms with van der Waals surface area (Å²) in [4.78, 5) is 4.79. The van der Waals surface area contributed by atoms with E-state index in [0.717, 1.165) is 60.0 Å². The summed E-state index contributed by atoms with van der Waals surface area (Å²) in [5.74, 6) is 2.68. The zero-order valence-electron chi connectivity index (χ0n) is 16.5. The van der Waals surface area contributed by atoms with Gasteiger partial charge >= 0.3 is 0 Å². The van der Waals surface area contributed by atoms with Gasteiger partial charge in [0.2, 0.25) is 0 Å². The van der Waals surface area contributed by atoms with E-state index in [1.807, 2.05) is 41.8 Å². The first-order valence-electron chi connectivity index (χ1n) is 10.0. The number of fused-ring (bicyclic) bond motifs is 1. The third-order valence-electron chi connectivity index (χ3n) is 5.31. The summed E-state index contributed by atoms with van der Waals surface area (Å²) in [7, 11) is 0. The van der Waals surface area contributed by atoms with Gasteiger partial charge < -0.3 is 21.1 Å². The average Bonchev–Trinajstić information content (AvgIpc) is 3.16. The van der Waals surface area contributed by atoms with Crippen molar-refractivity contribution in [3.8, 4) is 5.75 Å². The molecule has 2 heterocycles. The van der Waals surface area contributed by atoms with Crippen LogP contribution in [-0.2, 0) is 0 Å². The zero-order chi connectivity index (χ0) is 19.5. The highest BCUT2D eigenvalue weighted by Crippen LogP contribution is 2.29. The Morgan fingerprint density at radius 3 is 2.61 bits per heavy atom. The van der Waals surface area contributed by atoms with Crippen LogP contribution in [0.4, 0.5) is 17.3 Å². The van der Waals surface area contributed by atoms with Crippen LogP contribution in [-0.4, -0.2) is 33.3 Å². The maximum atomic E-state index is 6.05. The highest BCUT2D eigenvalue weighted by atomic mass is 16.5. The molecule has 1 fully saturated rings. The van der Waals surface area contributed by atoms with Gasteiger partial charge in [0.1, 0.15) is 17.4 Å². The SMILES string of the molecule is CCOc1ccc(Nc2c(C)c(NC3CCC(N)CC3)nc3ccnn23)cc1. The first-order valence-corrected chi connectivity index (χ1v) is 10.0. The highest BCUT2D eigenvalue weighted by Gasteiger charge is 2.21. The van der Waals surface area contributed by atoms with Crippen molar-refractivity contribution in [2.24, 2.45) is 5.73 Å². The van der Waals surface area contributed by atoms with Crippen molar-refractivity contribution in [1.82, 2.24) is 14.6 Å². The number of aromatic nitrogens is 3. The summed E-state index contributed by atoms with van der Waals surface area (Å²) in [5.41, 5.74) is 8.88. The van der Waals surface area contributed by atoms with Crippen LogP contribution >= 0.6 is 0 Å². The van der Waals surface area contributed by atoms with Crippen LogP contribution in [0.2, 0.25) is 0 Å². The Hall–Kier alpha value is -2.80. The number of benzene rings is 1. The molecule has 0 unspecified atom stereocenters. The second-order valence-electron chi connectivity index (χ2n) is 7.37. The van der Waals surface area contributed by atoms with Crippen LogP contribution in [0.1, 0.15) is 38.2 Å². The Kier molecular flexibility index (Phi) is 5.34. The molecule has 28 heavy (non-hydrogen) atoms. The van der Waals surface area contributed by atoms with Crippen molar-refractivity contribution in [1.29, 1.82) is 0 Å². The van der Waals surface area contributed by atoms with Crippen LogP contribution in [0.3, 0.4) is 0 Å². The first kappa shape index (κ1) is 18.6. The van der Waals surface area contributed by atoms with Gasteiger partial charge in [-0.05, 0) is 63.8 Å². The third kappa shape index (κ3) is 3.89. The quantitative estimate of drug-likeness (QED) is 0.602.